The fraction of sp³-hybridized carbons (Fsp3) is 0. The molecule has 0 radical (unpaired) electrons. The molecular formula is H21Fe8S7+7. The van der Waals surface area contributed by atoms with Gasteiger partial charge in [-0.15, -0.1) is 0 Å². The number of rotatable bonds is 0. The molecule has 0 aliphatic rings. The molecule has 0 heterocycles. The molecule has 0 N–H and O–H groups in total. The van der Waals surface area contributed by atoms with Crippen molar-refractivity contribution in [1.82, 2.24) is 0 Å². The first-order chi connectivity index (χ1) is 0. The minimum atomic E-state index is 0. The molecule has 0 aromatic heterocycles. The maximum atomic E-state index is 0. The Bertz CT molecular complexity index is 15.0. The van der Waals surface area contributed by atoms with E-state index in [1.807, 2.05) is 0 Å². The van der Waals surface area contributed by atoms with Gasteiger partial charge in [0.1, 0.15) is 0 Å². The van der Waals surface area contributed by atoms with Gasteiger partial charge in [0.05, 0.1) is 0 Å². The Morgan fingerprint density at radius 1 is 0.133 bits per heavy atom. The zero-order valence-corrected chi connectivity index (χ0v) is 23.8. The average Bonchev–Trinajstić information content (AvgIpc) is 0. The third-order valence-corrected chi connectivity index (χ3v) is 0. The third kappa shape index (κ3) is 163. The molecule has 120 valence electrons. The van der Waals surface area contributed by atoms with E-state index < -0.39 is 0 Å². The van der Waals surface area contributed by atoms with Gasteiger partial charge in [-0.2, -0.15) is 0 Å². The summed E-state index contributed by atoms with van der Waals surface area (Å²) in [4.78, 5) is 0. The van der Waals surface area contributed by atoms with Crippen LogP contribution in [0.25, 0.3) is 0 Å². The van der Waals surface area contributed by atoms with E-state index in [-0.39, 0.29) is 231 Å². The Morgan fingerprint density at radius 2 is 0.133 bits per heavy atom. The van der Waals surface area contributed by atoms with Gasteiger partial charge < -0.3 is 0 Å². The van der Waals surface area contributed by atoms with Crippen molar-refractivity contribution in [3.63, 3.8) is 0 Å². The molecule has 0 fully saturated rings. The van der Waals surface area contributed by atoms with Gasteiger partial charge in [-0.1, -0.05) is 94.5 Å². The summed E-state index contributed by atoms with van der Waals surface area (Å²) < 4.78 is 0. The van der Waals surface area contributed by atoms with Crippen molar-refractivity contribution in [2.45, 2.75) is 0 Å². The minimum Gasteiger partial charge on any atom is -0.0576 e. The molecule has 0 spiro atoms. The van der Waals surface area contributed by atoms with Gasteiger partial charge in [0, 0.05) is 137 Å². The van der Waals surface area contributed by atoms with Crippen LogP contribution in [0.2, 0.25) is 0 Å². The van der Waals surface area contributed by atoms with Crippen molar-refractivity contribution in [2.75, 3.05) is 0 Å². The van der Waals surface area contributed by atoms with Gasteiger partial charge in [-0.05, 0) is 0 Å². The third-order valence-electron chi connectivity index (χ3n) is 0. The van der Waals surface area contributed by atoms with Gasteiger partial charge in [0.25, 0.3) is 0 Å². The number of hydrogen-bond donors (Lipinski definition) is 0. The van der Waals surface area contributed by atoms with Crippen molar-refractivity contribution >= 4 is 94.5 Å². The summed E-state index contributed by atoms with van der Waals surface area (Å²) in [6, 6.07) is 0. The molecule has 0 bridgehead atoms. The van der Waals surface area contributed by atoms with E-state index in [1.54, 1.807) is 0 Å². The molecule has 0 saturated heterocycles. The van der Waals surface area contributed by atoms with Gasteiger partial charge in [0.15, 0.2) is 0 Å². The summed E-state index contributed by atoms with van der Waals surface area (Å²) in [5, 5.41) is 0. The molecule has 0 aliphatic heterocycles. The zero-order valence-electron chi connectivity index (χ0n) is 6.87. The van der Waals surface area contributed by atoms with Crippen molar-refractivity contribution in [3.8, 4) is 0 Å². The van der Waals surface area contributed by atoms with Crippen LogP contribution < -0.4 is 0 Å². The number of hydrogen-bond acceptors (Lipinski definition) is 0. The Morgan fingerprint density at radius 3 is 0.133 bits per heavy atom. The summed E-state index contributed by atoms with van der Waals surface area (Å²) in [7, 11) is 0. The minimum absolute atomic E-state index is 0. The largest absolute Gasteiger partial charge is 0.0576 e. The second kappa shape index (κ2) is 182. The maximum Gasteiger partial charge on any atom is 0 e. The van der Waals surface area contributed by atoms with Crippen LogP contribution in [0.5, 0.6) is 0 Å². The molecule has 0 aliphatic carbocycles. The summed E-state index contributed by atoms with van der Waals surface area (Å²) in [5.74, 6) is 0. The zero-order chi connectivity index (χ0) is 0. The molecule has 15 heavy (non-hydrogen) atoms. The van der Waals surface area contributed by atoms with Crippen LogP contribution >= 0.6 is 0 Å². The van der Waals surface area contributed by atoms with E-state index in [2.05, 4.69) is 0 Å². The molecule has 0 unspecified atom stereocenters. The fourth-order valence-electron chi connectivity index (χ4n) is 0. The quantitative estimate of drug-likeness (QED) is 0.176. The first kappa shape index (κ1) is 210. The van der Waals surface area contributed by atoms with Crippen LogP contribution in [0.3, 0.4) is 0 Å². The summed E-state index contributed by atoms with van der Waals surface area (Å²) in [6.07, 6.45) is 0. The van der Waals surface area contributed by atoms with E-state index in [4.69, 9.17) is 0 Å². The van der Waals surface area contributed by atoms with Crippen molar-refractivity contribution in [3.05, 3.63) is 0 Å². The second-order valence-electron chi connectivity index (χ2n) is 0. The van der Waals surface area contributed by atoms with Crippen molar-refractivity contribution < 1.29 is 137 Å². The Labute approximate surface area is 226 Å². The normalized spacial score (nSPS) is 0. The van der Waals surface area contributed by atoms with E-state index >= 15 is 0 Å². The molecule has 0 amide bonds. The standard InChI is InChI=1S/8Fe.7H2S/h;;;;;;;;7*1H2/p+7. The average molecular weight is 692 g/mol. The Kier molecular flexibility index (Phi) is 2540. The van der Waals surface area contributed by atoms with Crippen LogP contribution in [0.4, 0.5) is 0 Å². The fourth-order valence-corrected chi connectivity index (χ4v) is 0. The van der Waals surface area contributed by atoms with Gasteiger partial charge in [-0.25, -0.2) is 0 Å². The van der Waals surface area contributed by atoms with Crippen molar-refractivity contribution in [1.29, 1.82) is 0 Å². The Balaban J connectivity index is 0. The van der Waals surface area contributed by atoms with Crippen molar-refractivity contribution in [2.24, 2.45) is 0 Å². The van der Waals surface area contributed by atoms with Crippen LogP contribution in [0.1, 0.15) is 0 Å². The van der Waals surface area contributed by atoms with Crippen LogP contribution in [0.15, 0.2) is 0 Å². The molecule has 0 atom stereocenters. The molecule has 0 saturated carbocycles. The Hall–Kier alpha value is 6.61. The molecule has 0 nitrogen and oxygen atoms in total. The van der Waals surface area contributed by atoms with Gasteiger partial charge in [-0.3, -0.25) is 0 Å². The van der Waals surface area contributed by atoms with Crippen LogP contribution in [0, 0.1) is 0 Å². The summed E-state index contributed by atoms with van der Waals surface area (Å²) in [5.41, 5.74) is 0. The SMILES string of the molecule is [Fe].[Fe].[Fe].[Fe].[Fe].[Fe].[Fe].[Fe].[SH3+].[SH3+].[SH3+].[SH3+].[SH3+].[SH3+].[SH3+]. The van der Waals surface area contributed by atoms with Crippen LogP contribution in [-0.4, -0.2) is 0 Å². The van der Waals surface area contributed by atoms with E-state index in [0.717, 1.165) is 0 Å². The smallest absolute Gasteiger partial charge is 0 e. The van der Waals surface area contributed by atoms with E-state index in [9.17, 15) is 0 Å². The van der Waals surface area contributed by atoms with Crippen LogP contribution in [-0.2, 0) is 231 Å². The van der Waals surface area contributed by atoms with Gasteiger partial charge in [0.2, 0.25) is 0 Å². The molecule has 0 aromatic carbocycles. The molecule has 15 heteroatoms. The van der Waals surface area contributed by atoms with E-state index in [0.29, 0.717) is 0 Å². The van der Waals surface area contributed by atoms with Gasteiger partial charge >= 0.3 is 0 Å². The molecule has 0 rings (SSSR count). The topological polar surface area (TPSA) is 0 Å². The molecule has 0 aromatic rings. The monoisotopic (exact) mass is 692 g/mol. The summed E-state index contributed by atoms with van der Waals surface area (Å²) >= 11 is 0. The van der Waals surface area contributed by atoms with E-state index in [1.165, 1.54) is 0 Å². The first-order valence-electron chi connectivity index (χ1n) is 0. The molecular weight excluding hydrogens is 671 g/mol. The maximum absolute atomic E-state index is 0. The predicted molar refractivity (Wildman–Crippen MR) is 80.8 cm³/mol. The second-order valence-corrected chi connectivity index (χ2v) is 0. The first-order valence-corrected chi connectivity index (χ1v) is 0. The summed E-state index contributed by atoms with van der Waals surface area (Å²) in [6.45, 7) is 0. The predicted octanol–water partition coefficient (Wildman–Crippen LogP) is -5.66.